The van der Waals surface area contributed by atoms with Gasteiger partial charge in [0, 0.05) is 24.2 Å². The van der Waals surface area contributed by atoms with Crippen LogP contribution in [0.3, 0.4) is 0 Å². The zero-order chi connectivity index (χ0) is 16.8. The summed E-state index contributed by atoms with van der Waals surface area (Å²) in [5.74, 6) is 0. The topological polar surface area (TPSA) is 74.8 Å². The quantitative estimate of drug-likeness (QED) is 0.639. The van der Waals surface area contributed by atoms with Crippen molar-refractivity contribution in [2.45, 2.75) is 26.4 Å². The van der Waals surface area contributed by atoms with Crippen LogP contribution < -0.4 is 0 Å². The molecule has 0 aliphatic carbocycles. The van der Waals surface area contributed by atoms with Gasteiger partial charge >= 0.3 is 6.09 Å². The Morgan fingerprint density at radius 1 is 1.30 bits per heavy atom. The van der Waals surface area contributed by atoms with E-state index in [1.54, 1.807) is 37.7 Å². The number of halogens is 1. The Bertz CT molecular complexity index is 891. The van der Waals surface area contributed by atoms with Crippen molar-refractivity contribution in [3.05, 3.63) is 29.8 Å². The first-order valence-electron chi connectivity index (χ1n) is 7.01. The van der Waals surface area contributed by atoms with Gasteiger partial charge in [-0.05, 0) is 26.8 Å². The van der Waals surface area contributed by atoms with Crippen LogP contribution in [0.1, 0.15) is 20.8 Å². The number of carbonyl (C=O) groups excluding carboxylic acids is 1. The van der Waals surface area contributed by atoms with Gasteiger partial charge in [-0.3, -0.25) is 4.68 Å². The van der Waals surface area contributed by atoms with E-state index in [1.807, 2.05) is 13.2 Å². The number of nitrogens with zero attached hydrogens (tertiary/aromatic N) is 5. The molecule has 0 saturated carbocycles. The van der Waals surface area contributed by atoms with Crippen LogP contribution >= 0.6 is 11.6 Å². The molecule has 7 nitrogen and oxygen atoms in total. The third-order valence-corrected chi connectivity index (χ3v) is 3.28. The standard InChI is InChI=1S/C15H16ClN5O2/c1-15(2,3)23-14(22)21-11-7-17-12(16)5-10(11)13(19-21)9-6-18-20(4)8-9/h5-8H,1-4H3. The Kier molecular flexibility index (Phi) is 3.60. The summed E-state index contributed by atoms with van der Waals surface area (Å²) in [5.41, 5.74) is 1.29. The van der Waals surface area contributed by atoms with Crippen LogP contribution in [0.4, 0.5) is 4.79 Å². The molecule has 0 radical (unpaired) electrons. The molecule has 0 bridgehead atoms. The van der Waals surface area contributed by atoms with E-state index in [9.17, 15) is 4.79 Å². The van der Waals surface area contributed by atoms with Crippen molar-refractivity contribution in [3.63, 3.8) is 0 Å². The average Bonchev–Trinajstić information content (AvgIpc) is 3.00. The van der Waals surface area contributed by atoms with Gasteiger partial charge in [-0.25, -0.2) is 9.78 Å². The Morgan fingerprint density at radius 3 is 2.65 bits per heavy atom. The summed E-state index contributed by atoms with van der Waals surface area (Å²) in [7, 11) is 1.81. The predicted molar refractivity (Wildman–Crippen MR) is 86.4 cm³/mol. The van der Waals surface area contributed by atoms with E-state index in [-0.39, 0.29) is 0 Å². The van der Waals surface area contributed by atoms with E-state index in [2.05, 4.69) is 15.2 Å². The average molecular weight is 334 g/mol. The number of rotatable bonds is 1. The summed E-state index contributed by atoms with van der Waals surface area (Å²) in [6.45, 7) is 5.40. The molecule has 0 aliphatic rings. The fourth-order valence-electron chi connectivity index (χ4n) is 2.19. The van der Waals surface area contributed by atoms with Gasteiger partial charge in [0.1, 0.15) is 16.4 Å². The molecule has 0 aromatic carbocycles. The van der Waals surface area contributed by atoms with Crippen molar-refractivity contribution >= 4 is 28.6 Å². The van der Waals surface area contributed by atoms with Gasteiger partial charge in [-0.1, -0.05) is 11.6 Å². The van der Waals surface area contributed by atoms with Crippen molar-refractivity contribution < 1.29 is 9.53 Å². The van der Waals surface area contributed by atoms with E-state index >= 15 is 0 Å². The second-order valence-electron chi connectivity index (χ2n) is 6.17. The van der Waals surface area contributed by atoms with Crippen molar-refractivity contribution in [1.82, 2.24) is 24.5 Å². The highest BCUT2D eigenvalue weighted by Gasteiger charge is 2.23. The van der Waals surface area contributed by atoms with Crippen LogP contribution in [0.2, 0.25) is 5.15 Å². The van der Waals surface area contributed by atoms with Gasteiger partial charge in [0.05, 0.1) is 17.9 Å². The zero-order valence-electron chi connectivity index (χ0n) is 13.2. The molecule has 8 heteroatoms. The monoisotopic (exact) mass is 333 g/mol. The summed E-state index contributed by atoms with van der Waals surface area (Å²) in [6, 6.07) is 1.67. The smallest absolute Gasteiger partial charge is 0.435 e. The molecule has 0 amide bonds. The molecule has 3 aromatic rings. The number of carbonyl (C=O) groups is 1. The lowest BCUT2D eigenvalue weighted by Crippen LogP contribution is -2.27. The number of aryl methyl sites for hydroxylation is 1. The molecule has 0 N–H and O–H groups in total. The largest absolute Gasteiger partial charge is 0.442 e. The third-order valence-electron chi connectivity index (χ3n) is 3.08. The summed E-state index contributed by atoms with van der Waals surface area (Å²) >= 11 is 5.99. The van der Waals surface area contributed by atoms with Crippen LogP contribution in [0.15, 0.2) is 24.7 Å². The first-order valence-corrected chi connectivity index (χ1v) is 7.39. The van der Waals surface area contributed by atoms with Gasteiger partial charge < -0.3 is 4.74 Å². The number of pyridine rings is 1. The summed E-state index contributed by atoms with van der Waals surface area (Å²) in [4.78, 5) is 16.4. The van der Waals surface area contributed by atoms with Crippen LogP contribution in [-0.4, -0.2) is 36.2 Å². The van der Waals surface area contributed by atoms with Crippen LogP contribution in [-0.2, 0) is 11.8 Å². The van der Waals surface area contributed by atoms with Crippen molar-refractivity contribution in [2.75, 3.05) is 0 Å². The summed E-state index contributed by atoms with van der Waals surface area (Å²) < 4.78 is 8.26. The van der Waals surface area contributed by atoms with Crippen molar-refractivity contribution in [2.24, 2.45) is 7.05 Å². The summed E-state index contributed by atoms with van der Waals surface area (Å²) in [6.07, 6.45) is 4.43. The highest BCUT2D eigenvalue weighted by Crippen LogP contribution is 2.29. The number of ether oxygens (including phenoxy) is 1. The van der Waals surface area contributed by atoms with Gasteiger partial charge in [-0.2, -0.15) is 14.9 Å². The molecule has 0 unspecified atom stereocenters. The molecule has 0 saturated heterocycles. The van der Waals surface area contributed by atoms with E-state index in [4.69, 9.17) is 16.3 Å². The molecule has 120 valence electrons. The molecule has 0 atom stereocenters. The minimum Gasteiger partial charge on any atom is -0.442 e. The molecular weight excluding hydrogens is 318 g/mol. The van der Waals surface area contributed by atoms with Crippen LogP contribution in [0, 0.1) is 0 Å². The first kappa shape index (κ1) is 15.5. The Labute approximate surface area is 137 Å². The number of aromatic nitrogens is 5. The number of hydrogen-bond acceptors (Lipinski definition) is 5. The van der Waals surface area contributed by atoms with E-state index in [1.165, 1.54) is 10.9 Å². The highest BCUT2D eigenvalue weighted by molar-refractivity contribution is 6.30. The SMILES string of the molecule is Cn1cc(-c2nn(C(=O)OC(C)(C)C)c3cnc(Cl)cc23)cn1. The maximum absolute atomic E-state index is 12.4. The second kappa shape index (κ2) is 5.34. The van der Waals surface area contributed by atoms with Crippen LogP contribution in [0.5, 0.6) is 0 Å². The van der Waals surface area contributed by atoms with E-state index in [0.29, 0.717) is 21.7 Å². The second-order valence-corrected chi connectivity index (χ2v) is 6.55. The molecule has 3 heterocycles. The minimum absolute atomic E-state index is 0.325. The fraction of sp³-hybridized carbons (Fsp3) is 0.333. The fourth-order valence-corrected chi connectivity index (χ4v) is 2.35. The van der Waals surface area contributed by atoms with Gasteiger partial charge in [0.15, 0.2) is 0 Å². The maximum atomic E-state index is 12.4. The number of hydrogen-bond donors (Lipinski definition) is 0. The molecule has 0 fully saturated rings. The van der Waals surface area contributed by atoms with Gasteiger partial charge in [0.2, 0.25) is 0 Å². The minimum atomic E-state index is -0.621. The molecule has 0 aliphatic heterocycles. The molecule has 23 heavy (non-hydrogen) atoms. The van der Waals surface area contributed by atoms with Crippen molar-refractivity contribution in [1.29, 1.82) is 0 Å². The molecule has 3 aromatic heterocycles. The van der Waals surface area contributed by atoms with Gasteiger partial charge in [0.25, 0.3) is 0 Å². The first-order chi connectivity index (χ1) is 10.7. The lowest BCUT2D eigenvalue weighted by Gasteiger charge is -2.19. The predicted octanol–water partition coefficient (Wildman–Crippen LogP) is 3.27. The molecule has 0 spiro atoms. The highest BCUT2D eigenvalue weighted by atomic mass is 35.5. The molecular formula is C15H16ClN5O2. The van der Waals surface area contributed by atoms with Gasteiger partial charge in [-0.15, -0.1) is 0 Å². The van der Waals surface area contributed by atoms with Crippen molar-refractivity contribution in [3.8, 4) is 11.3 Å². The Balaban J connectivity index is 2.18. The lowest BCUT2D eigenvalue weighted by molar-refractivity contribution is 0.0523. The summed E-state index contributed by atoms with van der Waals surface area (Å²) in [5, 5.41) is 9.56. The Hall–Kier alpha value is -2.41. The zero-order valence-corrected chi connectivity index (χ0v) is 14.0. The Morgan fingerprint density at radius 2 is 2.04 bits per heavy atom. The third kappa shape index (κ3) is 3.05. The number of fused-ring (bicyclic) bond motifs is 1. The van der Waals surface area contributed by atoms with E-state index in [0.717, 1.165) is 5.56 Å². The molecule has 3 rings (SSSR count). The lowest BCUT2D eigenvalue weighted by atomic mass is 10.2. The maximum Gasteiger partial charge on any atom is 0.435 e. The van der Waals surface area contributed by atoms with Crippen LogP contribution in [0.25, 0.3) is 22.2 Å². The normalized spacial score (nSPS) is 11.9. The van der Waals surface area contributed by atoms with E-state index < -0.39 is 11.7 Å².